The van der Waals surface area contributed by atoms with Gasteiger partial charge in [-0.05, 0) is 44.7 Å². The number of aromatic nitrogens is 2. The highest BCUT2D eigenvalue weighted by atomic mass is 16.2. The third-order valence-corrected chi connectivity index (χ3v) is 6.64. The number of benzene rings is 1. The Hall–Kier alpha value is -2.27. The molecule has 5 rings (SSSR count). The van der Waals surface area contributed by atoms with Gasteiger partial charge >= 0.3 is 0 Å². The molecule has 0 N–H and O–H groups in total. The highest BCUT2D eigenvalue weighted by Gasteiger charge is 2.28. The van der Waals surface area contributed by atoms with Crippen LogP contribution < -0.4 is 0 Å². The summed E-state index contributed by atoms with van der Waals surface area (Å²) in [6.45, 7) is 9.07. The largest absolute Gasteiger partial charge is 0.339 e. The quantitative estimate of drug-likeness (QED) is 0.693. The Bertz CT molecular complexity index is 1030. The van der Waals surface area contributed by atoms with Crippen molar-refractivity contribution in [3.05, 3.63) is 36.0 Å². The van der Waals surface area contributed by atoms with Crippen LogP contribution in [-0.4, -0.2) is 57.1 Å². The van der Waals surface area contributed by atoms with Crippen LogP contribution in [0.5, 0.6) is 0 Å². The van der Waals surface area contributed by atoms with Gasteiger partial charge in [0.1, 0.15) is 5.69 Å². The minimum Gasteiger partial charge on any atom is -0.339 e. The Morgan fingerprint density at radius 1 is 1.07 bits per heavy atom. The number of hydrogen-bond acceptors (Lipinski definition) is 2. The summed E-state index contributed by atoms with van der Waals surface area (Å²) >= 11 is 0. The first-order valence-corrected chi connectivity index (χ1v) is 10.6. The molecule has 5 nitrogen and oxygen atoms in total. The summed E-state index contributed by atoms with van der Waals surface area (Å²) < 4.78 is 4.56. The van der Waals surface area contributed by atoms with Crippen LogP contribution in [0.1, 0.15) is 37.2 Å². The number of piperazine rings is 1. The van der Waals surface area contributed by atoms with Crippen molar-refractivity contribution >= 4 is 27.8 Å². The maximum Gasteiger partial charge on any atom is 0.270 e. The number of aryl methyl sites for hydroxylation is 1. The molecule has 148 valence electrons. The maximum absolute atomic E-state index is 13.3. The first-order chi connectivity index (χ1) is 13.5. The van der Waals surface area contributed by atoms with Crippen molar-refractivity contribution in [3.63, 3.8) is 0 Å². The predicted octanol–water partition coefficient (Wildman–Crippen LogP) is 3.71. The minimum absolute atomic E-state index is 0.171. The fraction of sp³-hybridized carbons (Fsp3) is 0.522. The summed E-state index contributed by atoms with van der Waals surface area (Å²) in [6.07, 6.45) is 2.65. The van der Waals surface area contributed by atoms with Crippen LogP contribution >= 0.6 is 0 Å². The van der Waals surface area contributed by atoms with Crippen molar-refractivity contribution in [1.82, 2.24) is 18.9 Å². The van der Waals surface area contributed by atoms with E-state index >= 15 is 0 Å². The van der Waals surface area contributed by atoms with E-state index in [9.17, 15) is 4.79 Å². The molecule has 0 unspecified atom stereocenters. The van der Waals surface area contributed by atoms with Gasteiger partial charge in [0, 0.05) is 51.2 Å². The molecule has 0 bridgehead atoms. The molecule has 2 fully saturated rings. The molecule has 2 aromatic heterocycles. The third-order valence-electron chi connectivity index (χ3n) is 6.64. The molecular formula is C23H30N4O. The van der Waals surface area contributed by atoms with Crippen molar-refractivity contribution in [2.75, 3.05) is 26.2 Å². The van der Waals surface area contributed by atoms with E-state index in [1.165, 1.54) is 34.8 Å². The second-order valence-electron chi connectivity index (χ2n) is 8.82. The summed E-state index contributed by atoms with van der Waals surface area (Å²) in [7, 11) is 2.05. The van der Waals surface area contributed by atoms with Gasteiger partial charge in [-0.3, -0.25) is 9.69 Å². The van der Waals surface area contributed by atoms with E-state index in [4.69, 9.17) is 0 Å². The number of nitrogens with zero attached hydrogens (tertiary/aromatic N) is 4. The lowest BCUT2D eigenvalue weighted by Gasteiger charge is -2.36. The molecule has 1 saturated heterocycles. The van der Waals surface area contributed by atoms with Crippen molar-refractivity contribution in [2.45, 2.75) is 39.3 Å². The number of carbonyl (C=O) groups is 1. The SMILES string of the molecule is CC(C)N1CCN(C(=O)c2cc3c(c4ccccc4n3CC3CC3)n2C)CC1. The van der Waals surface area contributed by atoms with Crippen molar-refractivity contribution in [3.8, 4) is 0 Å². The van der Waals surface area contributed by atoms with Gasteiger partial charge in [-0.25, -0.2) is 0 Å². The van der Waals surface area contributed by atoms with Crippen molar-refractivity contribution in [2.24, 2.45) is 13.0 Å². The normalized spacial score (nSPS) is 18.6. The molecule has 1 aliphatic carbocycles. The van der Waals surface area contributed by atoms with Gasteiger partial charge < -0.3 is 14.0 Å². The van der Waals surface area contributed by atoms with Crippen molar-refractivity contribution < 1.29 is 4.79 Å². The van der Waals surface area contributed by atoms with Gasteiger partial charge in [-0.1, -0.05) is 18.2 Å². The molecule has 28 heavy (non-hydrogen) atoms. The Labute approximate surface area is 166 Å². The van der Waals surface area contributed by atoms with Crippen LogP contribution in [0.25, 0.3) is 21.9 Å². The predicted molar refractivity (Wildman–Crippen MR) is 114 cm³/mol. The standard InChI is InChI=1S/C23H30N4O/c1-16(2)25-10-12-26(13-11-25)23(28)21-14-20-22(24(21)3)18-6-4-5-7-19(18)27(20)15-17-8-9-17/h4-7,14,16-17H,8-13,15H2,1-3H3. The molecule has 2 aliphatic rings. The molecule has 1 saturated carbocycles. The lowest BCUT2D eigenvalue weighted by molar-refractivity contribution is 0.0587. The monoisotopic (exact) mass is 378 g/mol. The Kier molecular flexibility index (Phi) is 4.23. The zero-order valence-electron chi connectivity index (χ0n) is 17.2. The van der Waals surface area contributed by atoms with Gasteiger partial charge in [0.15, 0.2) is 0 Å². The number of rotatable bonds is 4. The van der Waals surface area contributed by atoms with E-state index in [2.05, 4.69) is 58.2 Å². The Morgan fingerprint density at radius 2 is 1.79 bits per heavy atom. The van der Waals surface area contributed by atoms with Crippen molar-refractivity contribution in [1.29, 1.82) is 0 Å². The van der Waals surface area contributed by atoms with Gasteiger partial charge in [-0.15, -0.1) is 0 Å². The zero-order valence-corrected chi connectivity index (χ0v) is 17.2. The summed E-state index contributed by atoms with van der Waals surface area (Å²) in [5.74, 6) is 0.964. The minimum atomic E-state index is 0.171. The molecule has 3 heterocycles. The van der Waals surface area contributed by atoms with Gasteiger partial charge in [0.25, 0.3) is 5.91 Å². The Balaban J connectivity index is 1.52. The smallest absolute Gasteiger partial charge is 0.270 e. The molecule has 0 radical (unpaired) electrons. The number of hydrogen-bond donors (Lipinski definition) is 0. The van der Waals surface area contributed by atoms with Crippen LogP contribution in [0.2, 0.25) is 0 Å². The van der Waals surface area contributed by atoms with Crippen LogP contribution in [0.15, 0.2) is 30.3 Å². The highest BCUT2D eigenvalue weighted by Crippen LogP contribution is 2.37. The lowest BCUT2D eigenvalue weighted by atomic mass is 10.2. The van der Waals surface area contributed by atoms with Crippen LogP contribution in [0.4, 0.5) is 0 Å². The second-order valence-corrected chi connectivity index (χ2v) is 8.82. The lowest BCUT2D eigenvalue weighted by Crippen LogP contribution is -2.50. The Morgan fingerprint density at radius 3 is 2.46 bits per heavy atom. The summed E-state index contributed by atoms with van der Waals surface area (Å²) in [5, 5.41) is 1.25. The number of carbonyl (C=O) groups excluding carboxylic acids is 1. The fourth-order valence-corrected chi connectivity index (χ4v) is 4.71. The summed E-state index contributed by atoms with van der Waals surface area (Å²) in [6, 6.07) is 11.3. The number of fused-ring (bicyclic) bond motifs is 3. The van der Waals surface area contributed by atoms with Crippen LogP contribution in [0, 0.1) is 5.92 Å². The van der Waals surface area contributed by atoms with E-state index in [1.807, 2.05) is 11.9 Å². The number of amides is 1. The van der Waals surface area contributed by atoms with Crippen LogP contribution in [0.3, 0.4) is 0 Å². The van der Waals surface area contributed by atoms with Crippen LogP contribution in [-0.2, 0) is 13.6 Å². The average Bonchev–Trinajstić information content (AvgIpc) is 3.39. The highest BCUT2D eigenvalue weighted by molar-refractivity contribution is 6.10. The molecule has 1 aromatic carbocycles. The number of para-hydroxylation sites is 1. The molecular weight excluding hydrogens is 348 g/mol. The van der Waals surface area contributed by atoms with E-state index in [0.717, 1.165) is 44.3 Å². The maximum atomic E-state index is 13.3. The van der Waals surface area contributed by atoms with E-state index < -0.39 is 0 Å². The van der Waals surface area contributed by atoms with Gasteiger partial charge in [0.05, 0.1) is 16.6 Å². The summed E-state index contributed by atoms with van der Waals surface area (Å²) in [5.41, 5.74) is 4.51. The molecule has 1 amide bonds. The molecule has 5 heteroatoms. The molecule has 1 aliphatic heterocycles. The fourth-order valence-electron chi connectivity index (χ4n) is 4.71. The average molecular weight is 379 g/mol. The zero-order chi connectivity index (χ0) is 19.4. The first-order valence-electron chi connectivity index (χ1n) is 10.6. The molecule has 3 aromatic rings. The summed E-state index contributed by atoms with van der Waals surface area (Å²) in [4.78, 5) is 17.8. The van der Waals surface area contributed by atoms with E-state index in [0.29, 0.717) is 6.04 Å². The van der Waals surface area contributed by atoms with Gasteiger partial charge in [-0.2, -0.15) is 0 Å². The topological polar surface area (TPSA) is 33.4 Å². The van der Waals surface area contributed by atoms with E-state index in [-0.39, 0.29) is 5.91 Å². The van der Waals surface area contributed by atoms with E-state index in [1.54, 1.807) is 0 Å². The van der Waals surface area contributed by atoms with Gasteiger partial charge in [0.2, 0.25) is 0 Å². The second kappa shape index (κ2) is 6.66. The first kappa shape index (κ1) is 17.8. The third kappa shape index (κ3) is 2.84. The molecule has 0 spiro atoms. The molecule has 0 atom stereocenters.